The van der Waals surface area contributed by atoms with Gasteiger partial charge in [0.05, 0.1) is 0 Å². The lowest BCUT2D eigenvalue weighted by Gasteiger charge is -2.25. The van der Waals surface area contributed by atoms with E-state index in [2.05, 4.69) is 4.98 Å². The van der Waals surface area contributed by atoms with Crippen molar-refractivity contribution in [3.05, 3.63) is 65.0 Å². The van der Waals surface area contributed by atoms with E-state index in [1.165, 1.54) is 6.07 Å². The quantitative estimate of drug-likeness (QED) is 0.808. The number of likely N-dealkylation sites (N-methyl/N-ethyl adjacent to an activating group) is 1. The van der Waals surface area contributed by atoms with E-state index >= 15 is 0 Å². The van der Waals surface area contributed by atoms with Crippen molar-refractivity contribution in [3.8, 4) is 0 Å². The Bertz CT molecular complexity index is 718. The normalized spacial score (nSPS) is 12.0. The van der Waals surface area contributed by atoms with Gasteiger partial charge >= 0.3 is 0 Å². The predicted octanol–water partition coefficient (Wildman–Crippen LogP) is 3.69. The lowest BCUT2D eigenvalue weighted by atomic mass is 10.1. The van der Waals surface area contributed by atoms with Crippen molar-refractivity contribution < 1.29 is 13.6 Å². The Balaban J connectivity index is 1.89. The van der Waals surface area contributed by atoms with Gasteiger partial charge in [0.25, 0.3) is 0 Å². The molecule has 1 aromatic carbocycles. The van der Waals surface area contributed by atoms with Gasteiger partial charge in [-0.05, 0) is 55.7 Å². The maximum atomic E-state index is 13.2. The standard InChI is InChI=1S/C19H22F2N2O/c1-13-8-9-22-16(10-13)11-14(2)23(3)19(24)7-5-15-4-6-17(20)18(21)12-15/h4,6,8-10,12,14H,5,7,11H2,1-3H3/t14-/m1/s1. The summed E-state index contributed by atoms with van der Waals surface area (Å²) < 4.78 is 26.1. The molecule has 24 heavy (non-hydrogen) atoms. The molecule has 1 amide bonds. The number of rotatable bonds is 6. The third-order valence-corrected chi connectivity index (χ3v) is 4.14. The first-order chi connectivity index (χ1) is 11.4. The minimum Gasteiger partial charge on any atom is -0.343 e. The van der Waals surface area contributed by atoms with Crippen LogP contribution in [0, 0.1) is 18.6 Å². The highest BCUT2D eigenvalue weighted by molar-refractivity contribution is 5.76. The fourth-order valence-electron chi connectivity index (χ4n) is 2.52. The summed E-state index contributed by atoms with van der Waals surface area (Å²) in [5.74, 6) is -1.78. The molecule has 0 aliphatic heterocycles. The summed E-state index contributed by atoms with van der Waals surface area (Å²) in [7, 11) is 1.76. The Hall–Kier alpha value is -2.30. The van der Waals surface area contributed by atoms with Crippen LogP contribution in [0.3, 0.4) is 0 Å². The summed E-state index contributed by atoms with van der Waals surface area (Å²) in [5.41, 5.74) is 2.70. The van der Waals surface area contributed by atoms with E-state index in [0.717, 1.165) is 23.4 Å². The number of nitrogens with zero attached hydrogens (tertiary/aromatic N) is 2. The first-order valence-electron chi connectivity index (χ1n) is 7.98. The van der Waals surface area contributed by atoms with E-state index < -0.39 is 11.6 Å². The molecule has 1 atom stereocenters. The Kier molecular flexibility index (Phi) is 6.01. The average Bonchev–Trinajstić information content (AvgIpc) is 2.55. The van der Waals surface area contributed by atoms with Crippen LogP contribution in [0.15, 0.2) is 36.5 Å². The molecule has 0 aliphatic carbocycles. The number of carbonyl (C=O) groups is 1. The molecule has 0 N–H and O–H groups in total. The van der Waals surface area contributed by atoms with Gasteiger partial charge in [0.1, 0.15) is 0 Å². The molecule has 0 unspecified atom stereocenters. The maximum Gasteiger partial charge on any atom is 0.222 e. The van der Waals surface area contributed by atoms with Crippen LogP contribution >= 0.6 is 0 Å². The SMILES string of the molecule is Cc1ccnc(C[C@@H](C)N(C)C(=O)CCc2ccc(F)c(F)c2)c1. The molecule has 0 saturated heterocycles. The van der Waals surface area contributed by atoms with Gasteiger partial charge < -0.3 is 4.90 Å². The van der Waals surface area contributed by atoms with E-state index in [4.69, 9.17) is 0 Å². The molecule has 1 aromatic heterocycles. The molecule has 3 nitrogen and oxygen atoms in total. The van der Waals surface area contributed by atoms with Crippen LogP contribution in [0.4, 0.5) is 8.78 Å². The molecule has 128 valence electrons. The molecule has 1 heterocycles. The third kappa shape index (κ3) is 4.85. The zero-order valence-corrected chi connectivity index (χ0v) is 14.2. The fraction of sp³-hybridized carbons (Fsp3) is 0.368. The second-order valence-electron chi connectivity index (χ2n) is 6.13. The fourth-order valence-corrected chi connectivity index (χ4v) is 2.52. The number of hydrogen-bond acceptors (Lipinski definition) is 2. The minimum atomic E-state index is -0.882. The third-order valence-electron chi connectivity index (χ3n) is 4.14. The van der Waals surface area contributed by atoms with Crippen molar-refractivity contribution in [2.75, 3.05) is 7.05 Å². The largest absolute Gasteiger partial charge is 0.343 e. The topological polar surface area (TPSA) is 33.2 Å². The van der Waals surface area contributed by atoms with Crippen LogP contribution in [0.25, 0.3) is 0 Å². The zero-order valence-electron chi connectivity index (χ0n) is 14.2. The number of aryl methyl sites for hydroxylation is 2. The number of aromatic nitrogens is 1. The minimum absolute atomic E-state index is 0.0109. The molecule has 0 saturated carbocycles. The highest BCUT2D eigenvalue weighted by atomic mass is 19.2. The molecule has 0 bridgehead atoms. The summed E-state index contributed by atoms with van der Waals surface area (Å²) in [5, 5.41) is 0. The van der Waals surface area contributed by atoms with Crippen LogP contribution in [0.1, 0.15) is 30.2 Å². The van der Waals surface area contributed by atoms with Crippen LogP contribution in [-0.2, 0) is 17.6 Å². The van der Waals surface area contributed by atoms with Crippen LogP contribution < -0.4 is 0 Å². The zero-order chi connectivity index (χ0) is 17.7. The van der Waals surface area contributed by atoms with Crippen molar-refractivity contribution >= 4 is 5.91 Å². The molecule has 5 heteroatoms. The highest BCUT2D eigenvalue weighted by Crippen LogP contribution is 2.13. The van der Waals surface area contributed by atoms with Gasteiger partial charge in [-0.1, -0.05) is 6.07 Å². The van der Waals surface area contributed by atoms with Crippen molar-refractivity contribution in [1.82, 2.24) is 9.88 Å². The van der Waals surface area contributed by atoms with Crippen molar-refractivity contribution in [3.63, 3.8) is 0 Å². The van der Waals surface area contributed by atoms with Crippen molar-refractivity contribution in [2.24, 2.45) is 0 Å². The second-order valence-corrected chi connectivity index (χ2v) is 6.13. The predicted molar refractivity (Wildman–Crippen MR) is 89.6 cm³/mol. The molecule has 0 spiro atoms. The van der Waals surface area contributed by atoms with E-state index in [9.17, 15) is 13.6 Å². The van der Waals surface area contributed by atoms with Crippen molar-refractivity contribution in [2.45, 2.75) is 39.2 Å². The number of halogens is 2. The smallest absolute Gasteiger partial charge is 0.222 e. The number of pyridine rings is 1. The van der Waals surface area contributed by atoms with Gasteiger partial charge in [0.2, 0.25) is 5.91 Å². The summed E-state index contributed by atoms with van der Waals surface area (Å²) in [6, 6.07) is 7.69. The first kappa shape index (κ1) is 18.0. The van der Waals surface area contributed by atoms with Crippen molar-refractivity contribution in [1.29, 1.82) is 0 Å². The number of benzene rings is 1. The maximum absolute atomic E-state index is 13.2. The van der Waals surface area contributed by atoms with Crippen LogP contribution in [0.2, 0.25) is 0 Å². The molecule has 2 rings (SSSR count). The van der Waals surface area contributed by atoms with Gasteiger partial charge in [0, 0.05) is 37.8 Å². The van der Waals surface area contributed by atoms with Gasteiger partial charge in [-0.25, -0.2) is 8.78 Å². The van der Waals surface area contributed by atoms with Gasteiger partial charge in [-0.3, -0.25) is 9.78 Å². The van der Waals surface area contributed by atoms with E-state index in [0.29, 0.717) is 18.4 Å². The van der Waals surface area contributed by atoms with Gasteiger partial charge in [-0.15, -0.1) is 0 Å². The molecule has 0 aliphatic rings. The second kappa shape index (κ2) is 7.99. The van der Waals surface area contributed by atoms with Crippen LogP contribution in [-0.4, -0.2) is 28.9 Å². The number of hydrogen-bond donors (Lipinski definition) is 0. The first-order valence-corrected chi connectivity index (χ1v) is 7.98. The summed E-state index contributed by atoms with van der Waals surface area (Å²) in [4.78, 5) is 18.3. The van der Waals surface area contributed by atoms with Gasteiger partial charge in [0.15, 0.2) is 11.6 Å². The molecule has 0 radical (unpaired) electrons. The summed E-state index contributed by atoms with van der Waals surface area (Å²) in [6.45, 7) is 3.98. The summed E-state index contributed by atoms with van der Waals surface area (Å²) in [6.07, 6.45) is 3.08. The molecular formula is C19H22F2N2O. The van der Waals surface area contributed by atoms with Gasteiger partial charge in [-0.2, -0.15) is 0 Å². The number of amides is 1. The molecule has 2 aromatic rings. The molecular weight excluding hydrogens is 310 g/mol. The Morgan fingerprint density at radius 2 is 1.96 bits per heavy atom. The number of carbonyl (C=O) groups excluding carboxylic acids is 1. The summed E-state index contributed by atoms with van der Waals surface area (Å²) >= 11 is 0. The monoisotopic (exact) mass is 332 g/mol. The average molecular weight is 332 g/mol. The van der Waals surface area contributed by atoms with E-state index in [-0.39, 0.29) is 18.4 Å². The van der Waals surface area contributed by atoms with E-state index in [1.807, 2.05) is 26.0 Å². The highest BCUT2D eigenvalue weighted by Gasteiger charge is 2.17. The Labute approximate surface area is 141 Å². The lowest BCUT2D eigenvalue weighted by molar-refractivity contribution is -0.131. The molecule has 0 fully saturated rings. The van der Waals surface area contributed by atoms with Crippen LogP contribution in [0.5, 0.6) is 0 Å². The van der Waals surface area contributed by atoms with E-state index in [1.54, 1.807) is 18.1 Å². The Morgan fingerprint density at radius 1 is 1.21 bits per heavy atom. The lowest BCUT2D eigenvalue weighted by Crippen LogP contribution is -2.36. The Morgan fingerprint density at radius 3 is 2.62 bits per heavy atom.